The van der Waals surface area contributed by atoms with Crippen LogP contribution in [0.4, 0.5) is 19.2 Å². The zero-order valence-electron chi connectivity index (χ0n) is 30.6. The summed E-state index contributed by atoms with van der Waals surface area (Å²) in [6.07, 6.45) is -0.446. The van der Waals surface area contributed by atoms with Crippen molar-refractivity contribution >= 4 is 24.5 Å². The minimum atomic E-state index is -1.06. The van der Waals surface area contributed by atoms with Crippen molar-refractivity contribution in [1.82, 2.24) is 9.80 Å². The van der Waals surface area contributed by atoms with E-state index in [1.807, 2.05) is 65.0 Å². The van der Waals surface area contributed by atoms with E-state index in [9.17, 15) is 29.4 Å². The molecule has 274 valence electrons. The number of aliphatic hydroxyl groups is 2. The molecule has 13 heteroatoms. The number of benzene rings is 1. The number of β-amino-alcohol motifs (C(OH)–C–C–N with tert-alkyl or cyclic N) is 2. The molecule has 2 aliphatic rings. The van der Waals surface area contributed by atoms with Crippen molar-refractivity contribution < 1.29 is 53.1 Å². The van der Waals surface area contributed by atoms with Crippen molar-refractivity contribution in [3.8, 4) is 0 Å². The van der Waals surface area contributed by atoms with Crippen molar-refractivity contribution in [2.75, 3.05) is 13.1 Å². The van der Waals surface area contributed by atoms with E-state index in [-0.39, 0.29) is 30.9 Å². The van der Waals surface area contributed by atoms with Crippen LogP contribution in [0.3, 0.4) is 0 Å². The maximum atomic E-state index is 11.9. The first-order valence-corrected chi connectivity index (χ1v) is 16.4. The molecule has 0 aromatic heterocycles. The van der Waals surface area contributed by atoms with Gasteiger partial charge < -0.3 is 43.7 Å². The summed E-state index contributed by atoms with van der Waals surface area (Å²) in [6, 6.07) is 9.88. The van der Waals surface area contributed by atoms with Gasteiger partial charge in [0.1, 0.15) is 23.4 Å². The fourth-order valence-electron chi connectivity index (χ4n) is 4.42. The lowest BCUT2D eigenvalue weighted by atomic mass is 10.0. The third kappa shape index (κ3) is 18.7. The Balaban J connectivity index is 0.000000363. The van der Waals surface area contributed by atoms with E-state index < -0.39 is 41.3 Å². The van der Waals surface area contributed by atoms with Gasteiger partial charge in [0.15, 0.2) is 0 Å². The number of piperidine rings is 2. The number of hydrogen-bond acceptors (Lipinski definition) is 11. The van der Waals surface area contributed by atoms with E-state index >= 15 is 0 Å². The Hall–Kier alpha value is -3.58. The number of rotatable bonds is 2. The van der Waals surface area contributed by atoms with Gasteiger partial charge in [0.2, 0.25) is 0 Å². The molecular formula is C35H58N2O11. The van der Waals surface area contributed by atoms with Crippen molar-refractivity contribution in [2.24, 2.45) is 0 Å². The third-order valence-corrected chi connectivity index (χ3v) is 6.73. The molecule has 0 bridgehead atoms. The number of carbonyl (C=O) groups is 4. The fraction of sp³-hybridized carbons (Fsp3) is 0.714. The average molecular weight is 683 g/mol. The van der Waals surface area contributed by atoms with E-state index in [2.05, 4.69) is 4.74 Å². The quantitative estimate of drug-likeness (QED) is 0.192. The molecule has 2 heterocycles. The van der Waals surface area contributed by atoms with Gasteiger partial charge in [0.05, 0.1) is 25.3 Å². The molecule has 2 fully saturated rings. The maximum absolute atomic E-state index is 11.9. The second-order valence-electron chi connectivity index (χ2n) is 15.0. The van der Waals surface area contributed by atoms with Crippen LogP contribution in [0.25, 0.3) is 0 Å². The first-order valence-electron chi connectivity index (χ1n) is 16.4. The molecule has 48 heavy (non-hydrogen) atoms. The Morgan fingerprint density at radius 3 is 1.44 bits per heavy atom. The zero-order valence-corrected chi connectivity index (χ0v) is 30.6. The lowest BCUT2D eigenvalue weighted by Crippen LogP contribution is -2.49. The molecule has 1 aromatic rings. The van der Waals surface area contributed by atoms with Crippen molar-refractivity contribution in [2.45, 2.75) is 150 Å². The minimum absolute atomic E-state index is 0.136. The number of likely N-dealkylation sites (tertiary alicyclic amines) is 2. The minimum Gasteiger partial charge on any atom is -0.445 e. The predicted molar refractivity (Wildman–Crippen MR) is 179 cm³/mol. The van der Waals surface area contributed by atoms with Gasteiger partial charge >= 0.3 is 24.5 Å². The largest absolute Gasteiger partial charge is 0.519 e. The number of nitrogens with zero attached hydrogens (tertiary/aromatic N) is 2. The molecule has 0 saturated carbocycles. The Bertz CT molecular complexity index is 1130. The molecule has 0 radical (unpaired) electrons. The Kier molecular flexibility index (Phi) is 16.6. The summed E-state index contributed by atoms with van der Waals surface area (Å²) in [7, 11) is 0. The van der Waals surface area contributed by atoms with Crippen LogP contribution in [0.2, 0.25) is 0 Å². The van der Waals surface area contributed by atoms with Crippen LogP contribution in [-0.2, 0) is 30.3 Å². The first-order chi connectivity index (χ1) is 22.0. The summed E-state index contributed by atoms with van der Waals surface area (Å²) < 4.78 is 24.3. The highest BCUT2D eigenvalue weighted by molar-refractivity contribution is 5.77. The van der Waals surface area contributed by atoms with Crippen LogP contribution in [0.15, 0.2) is 30.3 Å². The fourth-order valence-corrected chi connectivity index (χ4v) is 4.42. The molecule has 0 spiro atoms. The number of ether oxygens (including phenoxy) is 5. The SMILES string of the molecule is CC(C)(C)OC(=O)OC(=O)OC(C)(C)C.C[C@@H]1CC[C@@H](O)CN1C(=O)OC(C)(C)C.C[C@@H]1CC[C@@H](O)CN1C(=O)OCc1ccccc1. The molecule has 2 amide bonds. The standard InChI is InChI=1S/C14H19NO3.C11H21NO3.C10H18O5/c1-11-7-8-13(16)9-15(11)14(17)18-10-12-5-3-2-4-6-12;1-8-5-6-9(13)7-12(8)10(14)15-11(2,3)4;1-9(2,3)14-7(11)13-8(12)15-10(4,5)6/h2-6,11,13,16H,7-10H2,1H3;8-9,13H,5-7H2,1-4H3;1-6H3/t11-,13-;8-,9-;/m11./s1. The van der Waals surface area contributed by atoms with Gasteiger partial charge in [-0.25, -0.2) is 19.2 Å². The smallest absolute Gasteiger partial charge is 0.445 e. The summed E-state index contributed by atoms with van der Waals surface area (Å²) in [5.74, 6) is 0. The molecule has 4 atom stereocenters. The van der Waals surface area contributed by atoms with Gasteiger partial charge in [0.25, 0.3) is 0 Å². The monoisotopic (exact) mass is 682 g/mol. The summed E-state index contributed by atoms with van der Waals surface area (Å²) >= 11 is 0. The normalized spacial score (nSPS) is 21.3. The van der Waals surface area contributed by atoms with Crippen molar-refractivity contribution in [3.05, 3.63) is 35.9 Å². The number of carbonyl (C=O) groups excluding carboxylic acids is 4. The zero-order chi connectivity index (χ0) is 36.9. The molecule has 1 aromatic carbocycles. The van der Waals surface area contributed by atoms with Gasteiger partial charge in [0, 0.05) is 12.1 Å². The Morgan fingerprint density at radius 2 is 1.04 bits per heavy atom. The van der Waals surface area contributed by atoms with Crippen molar-refractivity contribution in [3.63, 3.8) is 0 Å². The van der Waals surface area contributed by atoms with Gasteiger partial charge in [-0.05, 0) is 107 Å². The molecule has 13 nitrogen and oxygen atoms in total. The van der Waals surface area contributed by atoms with E-state index in [1.165, 1.54) is 0 Å². The van der Waals surface area contributed by atoms with Gasteiger partial charge in [-0.15, -0.1) is 0 Å². The molecule has 2 saturated heterocycles. The average Bonchev–Trinajstić information content (AvgIpc) is 2.92. The van der Waals surface area contributed by atoms with Crippen LogP contribution >= 0.6 is 0 Å². The molecule has 0 unspecified atom stereocenters. The summed E-state index contributed by atoms with van der Waals surface area (Å²) in [5.41, 5.74) is -0.895. The van der Waals surface area contributed by atoms with E-state index in [0.29, 0.717) is 13.1 Å². The molecule has 2 aliphatic heterocycles. The van der Waals surface area contributed by atoms with Crippen LogP contribution in [0, 0.1) is 0 Å². The van der Waals surface area contributed by atoms with Crippen LogP contribution < -0.4 is 0 Å². The highest BCUT2D eigenvalue weighted by Crippen LogP contribution is 2.21. The highest BCUT2D eigenvalue weighted by Gasteiger charge is 2.31. The molecule has 2 N–H and O–H groups in total. The summed E-state index contributed by atoms with van der Waals surface area (Å²) in [5, 5.41) is 19.1. The van der Waals surface area contributed by atoms with E-state index in [4.69, 9.17) is 18.9 Å². The predicted octanol–water partition coefficient (Wildman–Crippen LogP) is 6.81. The van der Waals surface area contributed by atoms with E-state index in [1.54, 1.807) is 51.3 Å². The topological polar surface area (TPSA) is 161 Å². The molecule has 0 aliphatic carbocycles. The Labute approximate surface area is 285 Å². The second kappa shape index (κ2) is 18.8. The van der Waals surface area contributed by atoms with Crippen LogP contribution in [0.5, 0.6) is 0 Å². The van der Waals surface area contributed by atoms with Crippen LogP contribution in [-0.4, -0.2) is 98.7 Å². The van der Waals surface area contributed by atoms with Gasteiger partial charge in [-0.1, -0.05) is 30.3 Å². The molecular weight excluding hydrogens is 624 g/mol. The van der Waals surface area contributed by atoms with Gasteiger partial charge in [-0.3, -0.25) is 0 Å². The number of aliphatic hydroxyl groups excluding tert-OH is 2. The van der Waals surface area contributed by atoms with Crippen molar-refractivity contribution in [1.29, 1.82) is 0 Å². The number of hydrogen-bond donors (Lipinski definition) is 2. The van der Waals surface area contributed by atoms with E-state index in [0.717, 1.165) is 31.2 Å². The third-order valence-electron chi connectivity index (χ3n) is 6.73. The first kappa shape index (κ1) is 42.4. The highest BCUT2D eigenvalue weighted by atomic mass is 16.8. The second-order valence-corrected chi connectivity index (χ2v) is 15.0. The summed E-state index contributed by atoms with van der Waals surface area (Å²) in [4.78, 5) is 48.9. The summed E-state index contributed by atoms with van der Waals surface area (Å²) in [6.45, 7) is 20.5. The number of amides is 2. The Morgan fingerprint density at radius 1 is 0.646 bits per heavy atom. The van der Waals surface area contributed by atoms with Gasteiger partial charge in [-0.2, -0.15) is 0 Å². The maximum Gasteiger partial charge on any atom is 0.519 e. The van der Waals surface area contributed by atoms with Crippen LogP contribution in [0.1, 0.15) is 107 Å². The molecule has 3 rings (SSSR count). The lowest BCUT2D eigenvalue weighted by Gasteiger charge is -2.36. The lowest BCUT2D eigenvalue weighted by molar-refractivity contribution is -0.0294.